The summed E-state index contributed by atoms with van der Waals surface area (Å²) >= 11 is 0. The molecular weight excluding hydrogens is 348 g/mol. The number of rotatable bonds is 8. The first-order valence-electron chi connectivity index (χ1n) is 8.95. The van der Waals surface area contributed by atoms with Crippen LogP contribution in [0.25, 0.3) is 22.2 Å². The van der Waals surface area contributed by atoms with Gasteiger partial charge in [-0.15, -0.1) is 12.4 Å². The van der Waals surface area contributed by atoms with Gasteiger partial charge in [-0.2, -0.15) is 0 Å². The van der Waals surface area contributed by atoms with E-state index in [2.05, 4.69) is 40.3 Å². The Bertz CT molecular complexity index is 830. The summed E-state index contributed by atoms with van der Waals surface area (Å²) in [6, 6.07) is 12.5. The van der Waals surface area contributed by atoms with Gasteiger partial charge in [-0.05, 0) is 49.9 Å². The second kappa shape index (κ2) is 9.97. The lowest BCUT2D eigenvalue weighted by Crippen LogP contribution is -2.03. The summed E-state index contributed by atoms with van der Waals surface area (Å²) in [5, 5.41) is 1.27. The van der Waals surface area contributed by atoms with E-state index in [4.69, 9.17) is 4.74 Å². The highest BCUT2D eigenvalue weighted by atomic mass is 35.5. The fraction of sp³-hybridized carbons (Fsp3) is 0.333. The molecule has 3 aromatic rings. The fourth-order valence-electron chi connectivity index (χ4n) is 3.20. The number of esters is 1. The molecule has 0 aliphatic carbocycles. The first-order valence-corrected chi connectivity index (χ1v) is 8.95. The quantitative estimate of drug-likeness (QED) is 0.430. The Balaban J connectivity index is 0.00000243. The van der Waals surface area contributed by atoms with Gasteiger partial charge in [0.25, 0.3) is 0 Å². The molecule has 4 nitrogen and oxygen atoms in total. The molecule has 0 bridgehead atoms. The summed E-state index contributed by atoms with van der Waals surface area (Å²) in [5.74, 6) is -0.0920. The van der Waals surface area contributed by atoms with Crippen molar-refractivity contribution in [3.8, 4) is 11.3 Å². The van der Waals surface area contributed by atoms with Crippen LogP contribution in [0.2, 0.25) is 0 Å². The number of halogens is 1. The number of ether oxygens (including phenoxy) is 1. The number of pyridine rings is 1. The Morgan fingerprint density at radius 2 is 1.96 bits per heavy atom. The number of H-pyrrole nitrogens is 1. The molecule has 5 heteroatoms. The molecule has 2 heterocycles. The molecule has 0 aliphatic rings. The van der Waals surface area contributed by atoms with Crippen LogP contribution >= 0.6 is 12.4 Å². The number of unbranched alkanes of at least 4 members (excludes halogenated alkanes) is 2. The second-order valence-electron chi connectivity index (χ2n) is 6.13. The molecule has 0 amide bonds. The molecular formula is C21H25ClN2O2. The molecule has 0 fully saturated rings. The average molecular weight is 373 g/mol. The van der Waals surface area contributed by atoms with Gasteiger partial charge < -0.3 is 9.72 Å². The molecule has 0 radical (unpaired) electrons. The lowest BCUT2D eigenvalue weighted by molar-refractivity contribution is -0.143. The van der Waals surface area contributed by atoms with Gasteiger partial charge in [-0.25, -0.2) is 0 Å². The van der Waals surface area contributed by atoms with Gasteiger partial charge >= 0.3 is 5.97 Å². The first-order chi connectivity index (χ1) is 12.3. The standard InChI is InChI=1S/C21H24N2O2.ClH/c1-2-25-20(24)13-5-3-4-11-18-17-10-6-7-12-19(17)23-21(18)16-9-8-14-22-15-16;/h6-10,12,14-15,23H,2-5,11,13H2,1H3;1H. The zero-order valence-corrected chi connectivity index (χ0v) is 15.8. The number of para-hydroxylation sites is 1. The number of nitrogens with zero attached hydrogens (tertiary/aromatic N) is 1. The number of hydrogen-bond donors (Lipinski definition) is 1. The maximum Gasteiger partial charge on any atom is 0.305 e. The third-order valence-corrected chi connectivity index (χ3v) is 4.38. The van der Waals surface area contributed by atoms with Crippen LogP contribution in [0.5, 0.6) is 0 Å². The summed E-state index contributed by atoms with van der Waals surface area (Å²) in [6.07, 6.45) is 8.13. The summed E-state index contributed by atoms with van der Waals surface area (Å²) in [7, 11) is 0. The number of carbonyl (C=O) groups excluding carboxylic acids is 1. The average Bonchev–Trinajstić information content (AvgIpc) is 3.01. The Morgan fingerprint density at radius 1 is 1.12 bits per heavy atom. The summed E-state index contributed by atoms with van der Waals surface area (Å²) in [6.45, 7) is 2.30. The predicted octanol–water partition coefficient (Wildman–Crippen LogP) is 5.32. The Labute approximate surface area is 160 Å². The highest BCUT2D eigenvalue weighted by molar-refractivity contribution is 5.90. The van der Waals surface area contributed by atoms with Crippen LogP contribution in [-0.4, -0.2) is 22.5 Å². The molecule has 0 saturated carbocycles. The van der Waals surface area contributed by atoms with Gasteiger partial charge in [0.2, 0.25) is 0 Å². The van der Waals surface area contributed by atoms with E-state index in [1.807, 2.05) is 19.2 Å². The largest absolute Gasteiger partial charge is 0.466 e. The third kappa shape index (κ3) is 4.85. The Kier molecular flexibility index (Phi) is 7.67. The van der Waals surface area contributed by atoms with Crippen molar-refractivity contribution in [1.82, 2.24) is 9.97 Å². The van der Waals surface area contributed by atoms with Gasteiger partial charge in [-0.3, -0.25) is 9.78 Å². The predicted molar refractivity (Wildman–Crippen MR) is 108 cm³/mol. The second-order valence-corrected chi connectivity index (χ2v) is 6.13. The molecule has 2 aromatic heterocycles. The Hall–Kier alpha value is -2.33. The number of hydrogen-bond acceptors (Lipinski definition) is 3. The minimum atomic E-state index is -0.0920. The maximum absolute atomic E-state index is 11.4. The maximum atomic E-state index is 11.4. The van der Waals surface area contributed by atoms with Crippen LogP contribution in [0, 0.1) is 0 Å². The van der Waals surface area contributed by atoms with Crippen LogP contribution in [-0.2, 0) is 16.0 Å². The SMILES string of the molecule is CCOC(=O)CCCCCc1c(-c2cccnc2)[nH]c2ccccc12.Cl. The van der Waals surface area contributed by atoms with Crippen molar-refractivity contribution >= 4 is 29.3 Å². The third-order valence-electron chi connectivity index (χ3n) is 4.38. The normalized spacial score (nSPS) is 10.5. The van der Waals surface area contributed by atoms with Gasteiger partial charge in [0, 0.05) is 35.3 Å². The number of nitrogens with one attached hydrogen (secondary N) is 1. The number of aryl methyl sites for hydroxylation is 1. The molecule has 138 valence electrons. The highest BCUT2D eigenvalue weighted by Crippen LogP contribution is 2.31. The number of fused-ring (bicyclic) bond motifs is 1. The van der Waals surface area contributed by atoms with E-state index in [-0.39, 0.29) is 18.4 Å². The van der Waals surface area contributed by atoms with Crippen LogP contribution in [0.1, 0.15) is 38.2 Å². The van der Waals surface area contributed by atoms with Crippen molar-refractivity contribution in [3.63, 3.8) is 0 Å². The van der Waals surface area contributed by atoms with Gasteiger partial charge in [0.05, 0.1) is 12.3 Å². The van der Waals surface area contributed by atoms with Crippen molar-refractivity contribution in [3.05, 3.63) is 54.4 Å². The smallest absolute Gasteiger partial charge is 0.305 e. The number of aromatic nitrogens is 2. The molecule has 0 saturated heterocycles. The van der Waals surface area contributed by atoms with Gasteiger partial charge in [0.15, 0.2) is 0 Å². The number of benzene rings is 1. The zero-order valence-electron chi connectivity index (χ0n) is 15.0. The summed E-state index contributed by atoms with van der Waals surface area (Å²) in [4.78, 5) is 19.2. The van der Waals surface area contributed by atoms with E-state index in [1.165, 1.54) is 10.9 Å². The molecule has 0 unspecified atom stereocenters. The van der Waals surface area contributed by atoms with Crippen molar-refractivity contribution in [2.24, 2.45) is 0 Å². The zero-order chi connectivity index (χ0) is 17.5. The molecule has 0 atom stereocenters. The van der Waals surface area contributed by atoms with E-state index in [9.17, 15) is 4.79 Å². The molecule has 0 spiro atoms. The van der Waals surface area contributed by atoms with E-state index in [0.717, 1.165) is 42.5 Å². The number of carbonyl (C=O) groups is 1. The summed E-state index contributed by atoms with van der Waals surface area (Å²) in [5.41, 5.74) is 4.75. The van der Waals surface area contributed by atoms with E-state index >= 15 is 0 Å². The van der Waals surface area contributed by atoms with Gasteiger partial charge in [0.1, 0.15) is 0 Å². The number of aromatic amines is 1. The van der Waals surface area contributed by atoms with Gasteiger partial charge in [-0.1, -0.05) is 24.6 Å². The van der Waals surface area contributed by atoms with Crippen LogP contribution in [0.3, 0.4) is 0 Å². The monoisotopic (exact) mass is 372 g/mol. The first kappa shape index (κ1) is 20.0. The van der Waals surface area contributed by atoms with E-state index in [1.54, 1.807) is 6.20 Å². The molecule has 3 rings (SSSR count). The molecule has 0 aliphatic heterocycles. The van der Waals surface area contributed by atoms with Crippen molar-refractivity contribution in [2.45, 2.75) is 39.0 Å². The van der Waals surface area contributed by atoms with Crippen molar-refractivity contribution in [2.75, 3.05) is 6.61 Å². The van der Waals surface area contributed by atoms with Crippen molar-refractivity contribution < 1.29 is 9.53 Å². The fourth-order valence-corrected chi connectivity index (χ4v) is 3.20. The topological polar surface area (TPSA) is 55.0 Å². The molecule has 26 heavy (non-hydrogen) atoms. The Morgan fingerprint density at radius 3 is 2.73 bits per heavy atom. The molecule has 1 aromatic carbocycles. The molecule has 1 N–H and O–H groups in total. The lowest BCUT2D eigenvalue weighted by Gasteiger charge is -2.06. The lowest BCUT2D eigenvalue weighted by atomic mass is 10.0. The van der Waals surface area contributed by atoms with Crippen LogP contribution in [0.4, 0.5) is 0 Å². The van der Waals surface area contributed by atoms with Crippen LogP contribution in [0.15, 0.2) is 48.8 Å². The highest BCUT2D eigenvalue weighted by Gasteiger charge is 2.12. The van der Waals surface area contributed by atoms with Crippen LogP contribution < -0.4 is 0 Å². The minimum Gasteiger partial charge on any atom is -0.466 e. The minimum absolute atomic E-state index is 0. The van der Waals surface area contributed by atoms with E-state index < -0.39 is 0 Å². The summed E-state index contributed by atoms with van der Waals surface area (Å²) < 4.78 is 4.98. The van der Waals surface area contributed by atoms with E-state index in [0.29, 0.717) is 13.0 Å². The van der Waals surface area contributed by atoms with Crippen molar-refractivity contribution in [1.29, 1.82) is 0 Å².